The largest absolute Gasteiger partial charge is 0.355 e. The Morgan fingerprint density at radius 3 is 2.50 bits per heavy atom. The van der Waals surface area contributed by atoms with E-state index in [4.69, 9.17) is 5.73 Å². The topological polar surface area (TPSA) is 128 Å². The van der Waals surface area contributed by atoms with E-state index in [1.807, 2.05) is 24.8 Å². The Hall–Kier alpha value is -3.89. The zero-order valence-electron chi connectivity index (χ0n) is 19.9. The lowest BCUT2D eigenvalue weighted by atomic mass is 10.1. The Kier molecular flexibility index (Phi) is 6.27. The normalized spacial score (nSPS) is 15.8. The van der Waals surface area contributed by atoms with Crippen molar-refractivity contribution in [2.75, 3.05) is 18.0 Å². The third-order valence-electron chi connectivity index (χ3n) is 6.12. The van der Waals surface area contributed by atoms with Crippen LogP contribution in [0.4, 0.5) is 5.82 Å². The zero-order valence-corrected chi connectivity index (χ0v) is 19.9. The molecule has 0 saturated carbocycles. The van der Waals surface area contributed by atoms with Gasteiger partial charge in [-0.05, 0) is 39.7 Å². The third kappa shape index (κ3) is 3.97. The fourth-order valence-electron chi connectivity index (χ4n) is 4.72. The molecular weight excluding hydrogens is 432 g/mol. The minimum absolute atomic E-state index is 0.0359. The van der Waals surface area contributed by atoms with Gasteiger partial charge in [0.25, 0.3) is 5.56 Å². The van der Waals surface area contributed by atoms with E-state index in [1.165, 1.54) is 4.57 Å². The molecule has 1 fully saturated rings. The van der Waals surface area contributed by atoms with Gasteiger partial charge in [0.1, 0.15) is 28.8 Å². The van der Waals surface area contributed by atoms with Gasteiger partial charge in [0.15, 0.2) is 0 Å². The summed E-state index contributed by atoms with van der Waals surface area (Å²) < 4.78 is 4.24. The van der Waals surface area contributed by atoms with Gasteiger partial charge in [0.2, 0.25) is 0 Å². The first-order valence-electron chi connectivity index (χ1n) is 11.2. The van der Waals surface area contributed by atoms with Crippen LogP contribution in [0.25, 0.3) is 11.0 Å². The minimum atomic E-state index is -0.530. The Morgan fingerprint density at radius 2 is 1.88 bits per heavy atom. The van der Waals surface area contributed by atoms with Crippen LogP contribution in [0.2, 0.25) is 0 Å². The lowest BCUT2D eigenvalue weighted by Crippen LogP contribution is -2.44. The van der Waals surface area contributed by atoms with Crippen LogP contribution in [-0.4, -0.2) is 42.8 Å². The van der Waals surface area contributed by atoms with Crippen molar-refractivity contribution in [3.63, 3.8) is 0 Å². The van der Waals surface area contributed by atoms with Crippen LogP contribution in [0.5, 0.6) is 0 Å². The quantitative estimate of drug-likeness (QED) is 0.570. The van der Waals surface area contributed by atoms with Crippen molar-refractivity contribution in [2.24, 2.45) is 12.8 Å². The second kappa shape index (κ2) is 9.16. The number of aryl methyl sites for hydroxylation is 3. The highest BCUT2D eigenvalue weighted by Gasteiger charge is 2.29. The van der Waals surface area contributed by atoms with E-state index in [9.17, 15) is 14.9 Å². The molecule has 3 aromatic rings. The SMILES string of the molecule is CC#CCn1c(N2CCC[C@@H](N)C2)c(C#N)c2c1c(=O)n(Cc1nc(C)cc(C)n1)c(=O)n2C. The van der Waals surface area contributed by atoms with Crippen molar-refractivity contribution in [3.8, 4) is 17.9 Å². The Bertz CT molecular complexity index is 1470. The summed E-state index contributed by atoms with van der Waals surface area (Å²) in [6, 6.07) is 4.04. The molecule has 4 heterocycles. The molecule has 0 aromatic carbocycles. The predicted molar refractivity (Wildman–Crippen MR) is 130 cm³/mol. The number of nitrogens with two attached hydrogens (primary N) is 1. The lowest BCUT2D eigenvalue weighted by molar-refractivity contribution is 0.499. The van der Waals surface area contributed by atoms with E-state index >= 15 is 0 Å². The highest BCUT2D eigenvalue weighted by molar-refractivity contribution is 5.90. The first kappa shape index (κ1) is 23.3. The number of fused-ring (bicyclic) bond motifs is 1. The maximum atomic E-state index is 13.8. The van der Waals surface area contributed by atoms with E-state index in [-0.39, 0.29) is 30.2 Å². The molecule has 0 unspecified atom stereocenters. The number of anilines is 1. The van der Waals surface area contributed by atoms with Gasteiger partial charge in [0.05, 0.1) is 18.6 Å². The lowest BCUT2D eigenvalue weighted by Gasteiger charge is -2.33. The van der Waals surface area contributed by atoms with Gasteiger partial charge in [-0.2, -0.15) is 5.26 Å². The van der Waals surface area contributed by atoms with E-state index in [0.29, 0.717) is 30.2 Å². The van der Waals surface area contributed by atoms with Crippen molar-refractivity contribution >= 4 is 16.9 Å². The summed E-state index contributed by atoms with van der Waals surface area (Å²) in [7, 11) is 1.57. The molecule has 1 saturated heterocycles. The Morgan fingerprint density at radius 1 is 1.18 bits per heavy atom. The van der Waals surface area contributed by atoms with Crippen molar-refractivity contribution in [3.05, 3.63) is 49.7 Å². The molecular formula is C24H28N8O2. The number of piperidine rings is 1. The zero-order chi connectivity index (χ0) is 24.6. The molecule has 0 aliphatic carbocycles. The molecule has 10 heteroatoms. The van der Waals surface area contributed by atoms with Crippen LogP contribution in [0.3, 0.4) is 0 Å². The summed E-state index contributed by atoms with van der Waals surface area (Å²) in [5.41, 5.74) is 7.56. The molecule has 1 atom stereocenters. The van der Waals surface area contributed by atoms with Crippen LogP contribution in [0.1, 0.15) is 42.5 Å². The molecule has 3 aromatic heterocycles. The number of nitrogens with zero attached hydrogens (tertiary/aromatic N) is 7. The Balaban J connectivity index is 2.03. The van der Waals surface area contributed by atoms with E-state index < -0.39 is 11.2 Å². The Labute approximate surface area is 197 Å². The average Bonchev–Trinajstić information content (AvgIpc) is 3.12. The van der Waals surface area contributed by atoms with Crippen molar-refractivity contribution < 1.29 is 0 Å². The van der Waals surface area contributed by atoms with Gasteiger partial charge in [-0.15, -0.1) is 5.92 Å². The summed E-state index contributed by atoms with van der Waals surface area (Å²) in [6.07, 6.45) is 1.77. The number of hydrogen-bond acceptors (Lipinski definition) is 7. The van der Waals surface area contributed by atoms with Crippen LogP contribution in [0, 0.1) is 37.0 Å². The van der Waals surface area contributed by atoms with E-state index in [2.05, 4.69) is 27.9 Å². The average molecular weight is 461 g/mol. The van der Waals surface area contributed by atoms with Gasteiger partial charge in [-0.1, -0.05) is 5.92 Å². The number of nitriles is 1. The molecule has 0 bridgehead atoms. The molecule has 34 heavy (non-hydrogen) atoms. The molecule has 4 rings (SSSR count). The van der Waals surface area contributed by atoms with Gasteiger partial charge < -0.3 is 15.2 Å². The second-order valence-corrected chi connectivity index (χ2v) is 8.67. The van der Waals surface area contributed by atoms with Crippen molar-refractivity contribution in [2.45, 2.75) is 52.7 Å². The second-order valence-electron chi connectivity index (χ2n) is 8.67. The summed E-state index contributed by atoms with van der Waals surface area (Å²) in [5.74, 6) is 6.85. The first-order chi connectivity index (χ1) is 16.3. The monoisotopic (exact) mass is 460 g/mol. The fraction of sp³-hybridized carbons (Fsp3) is 0.458. The number of rotatable bonds is 4. The van der Waals surface area contributed by atoms with Crippen LogP contribution in [0.15, 0.2) is 15.7 Å². The molecule has 0 amide bonds. The van der Waals surface area contributed by atoms with E-state index in [1.54, 1.807) is 18.5 Å². The van der Waals surface area contributed by atoms with Crippen LogP contribution >= 0.6 is 0 Å². The number of aromatic nitrogens is 5. The fourth-order valence-corrected chi connectivity index (χ4v) is 4.72. The maximum Gasteiger partial charge on any atom is 0.331 e. The van der Waals surface area contributed by atoms with E-state index in [0.717, 1.165) is 28.8 Å². The van der Waals surface area contributed by atoms with Gasteiger partial charge >= 0.3 is 5.69 Å². The molecule has 2 N–H and O–H groups in total. The molecule has 1 aliphatic rings. The number of hydrogen-bond donors (Lipinski definition) is 1. The predicted octanol–water partition coefficient (Wildman–Crippen LogP) is 0.779. The van der Waals surface area contributed by atoms with Gasteiger partial charge in [-0.3, -0.25) is 13.9 Å². The molecule has 0 spiro atoms. The van der Waals surface area contributed by atoms with Gasteiger partial charge in [-0.25, -0.2) is 14.8 Å². The van der Waals surface area contributed by atoms with Gasteiger partial charge in [0, 0.05) is 37.6 Å². The summed E-state index contributed by atoms with van der Waals surface area (Å²) >= 11 is 0. The first-order valence-corrected chi connectivity index (χ1v) is 11.2. The standard InChI is InChI=1S/C24H28N8O2/c1-5-6-10-31-21-20(18(12-25)22(31)30-9-7-8-17(26)13-30)29(4)24(34)32(23(21)33)14-19-27-15(2)11-16(3)28-19/h11,17H,7-10,13-14,26H2,1-4H3/t17-/m1/s1. The highest BCUT2D eigenvalue weighted by Crippen LogP contribution is 2.31. The molecule has 1 aliphatic heterocycles. The highest BCUT2D eigenvalue weighted by atomic mass is 16.2. The summed E-state index contributed by atoms with van der Waals surface area (Å²) in [5, 5.41) is 10.1. The third-order valence-corrected chi connectivity index (χ3v) is 6.12. The van der Waals surface area contributed by atoms with Crippen molar-refractivity contribution in [1.82, 2.24) is 23.7 Å². The van der Waals surface area contributed by atoms with Crippen LogP contribution in [-0.2, 0) is 20.1 Å². The smallest absolute Gasteiger partial charge is 0.331 e. The van der Waals surface area contributed by atoms with Crippen molar-refractivity contribution in [1.29, 1.82) is 5.26 Å². The molecule has 0 radical (unpaired) electrons. The summed E-state index contributed by atoms with van der Waals surface area (Å²) in [6.45, 7) is 6.81. The summed E-state index contributed by atoms with van der Waals surface area (Å²) in [4.78, 5) is 37.9. The molecule has 10 nitrogen and oxygen atoms in total. The maximum absolute atomic E-state index is 13.8. The van der Waals surface area contributed by atoms with Crippen LogP contribution < -0.4 is 21.9 Å². The molecule has 176 valence electrons. The minimum Gasteiger partial charge on any atom is -0.355 e.